The Morgan fingerprint density at radius 1 is 1.38 bits per heavy atom. The molecule has 136 valence electrons. The van der Waals surface area contributed by atoms with Gasteiger partial charge in [-0.3, -0.25) is 0 Å². The van der Waals surface area contributed by atoms with Gasteiger partial charge in [0, 0.05) is 11.3 Å². The molecule has 0 radical (unpaired) electrons. The zero-order valence-electron chi connectivity index (χ0n) is 14.7. The highest BCUT2D eigenvalue weighted by atomic mass is 16.5. The van der Waals surface area contributed by atoms with Crippen LogP contribution in [0.2, 0.25) is 0 Å². The molecule has 0 unspecified atom stereocenters. The maximum absolute atomic E-state index is 12.7. The Balaban J connectivity index is 2.19. The largest absolute Gasteiger partial charge is 0.493 e. The fourth-order valence-corrected chi connectivity index (χ4v) is 2.90. The number of esters is 1. The monoisotopic (exact) mass is 357 g/mol. The standard InChI is InChI=1S/C17H19N5O4/c1-5-9-26-16(23)13-10(2)18-17-19-20-21-22(17)14(13)11-7-6-8-12(24-3)15(11)25-4/h5-8,14H,1,9H2,2-4H3,(H,18,19,21)/t14-/m1/s1. The van der Waals surface area contributed by atoms with Gasteiger partial charge in [-0.25, -0.2) is 4.79 Å². The Hall–Kier alpha value is -3.36. The molecule has 0 spiro atoms. The highest BCUT2D eigenvalue weighted by Gasteiger charge is 2.37. The van der Waals surface area contributed by atoms with E-state index < -0.39 is 12.0 Å². The van der Waals surface area contributed by atoms with Gasteiger partial charge < -0.3 is 19.5 Å². The summed E-state index contributed by atoms with van der Waals surface area (Å²) < 4.78 is 17.7. The molecule has 9 nitrogen and oxygen atoms in total. The molecule has 2 aromatic rings. The summed E-state index contributed by atoms with van der Waals surface area (Å²) >= 11 is 0. The van der Waals surface area contributed by atoms with E-state index in [9.17, 15) is 4.79 Å². The molecule has 1 atom stereocenters. The number of anilines is 1. The van der Waals surface area contributed by atoms with Crippen LogP contribution in [-0.2, 0) is 9.53 Å². The first-order chi connectivity index (χ1) is 12.6. The van der Waals surface area contributed by atoms with Gasteiger partial charge in [-0.2, -0.15) is 4.68 Å². The normalized spacial score (nSPS) is 15.7. The molecular formula is C17H19N5O4. The van der Waals surface area contributed by atoms with E-state index in [1.807, 2.05) is 12.1 Å². The van der Waals surface area contributed by atoms with Crippen LogP contribution in [0, 0.1) is 0 Å². The third kappa shape index (κ3) is 2.87. The van der Waals surface area contributed by atoms with E-state index in [0.29, 0.717) is 34.3 Å². The van der Waals surface area contributed by atoms with E-state index in [1.165, 1.54) is 17.9 Å². The topological polar surface area (TPSA) is 100 Å². The number of aromatic nitrogens is 4. The first kappa shape index (κ1) is 17.5. The number of nitrogens with zero attached hydrogens (tertiary/aromatic N) is 4. The second-order valence-electron chi connectivity index (χ2n) is 5.48. The molecule has 0 saturated carbocycles. The lowest BCUT2D eigenvalue weighted by Gasteiger charge is -2.28. The third-order valence-electron chi connectivity index (χ3n) is 3.99. The van der Waals surface area contributed by atoms with Crippen molar-refractivity contribution in [2.45, 2.75) is 13.0 Å². The average molecular weight is 357 g/mol. The minimum absolute atomic E-state index is 0.0973. The van der Waals surface area contributed by atoms with E-state index in [4.69, 9.17) is 14.2 Å². The predicted octanol–water partition coefficient (Wildman–Crippen LogP) is 1.71. The van der Waals surface area contributed by atoms with E-state index in [1.54, 1.807) is 20.1 Å². The highest BCUT2D eigenvalue weighted by molar-refractivity contribution is 5.92. The van der Waals surface area contributed by atoms with Crippen molar-refractivity contribution in [1.82, 2.24) is 20.2 Å². The number of para-hydroxylation sites is 1. The summed E-state index contributed by atoms with van der Waals surface area (Å²) in [6, 6.07) is 4.78. The van der Waals surface area contributed by atoms with E-state index in [2.05, 4.69) is 27.4 Å². The van der Waals surface area contributed by atoms with Gasteiger partial charge in [-0.05, 0) is 23.4 Å². The summed E-state index contributed by atoms with van der Waals surface area (Å²) in [7, 11) is 3.09. The maximum atomic E-state index is 12.7. The second kappa shape index (κ2) is 7.26. The Labute approximate surface area is 150 Å². The minimum atomic E-state index is -0.636. The number of rotatable bonds is 6. The molecule has 1 aromatic heterocycles. The van der Waals surface area contributed by atoms with Gasteiger partial charge in [-0.1, -0.05) is 29.9 Å². The van der Waals surface area contributed by atoms with Gasteiger partial charge >= 0.3 is 5.97 Å². The Bertz CT molecular complexity index is 874. The van der Waals surface area contributed by atoms with Crippen LogP contribution in [0.15, 0.2) is 42.1 Å². The summed E-state index contributed by atoms with van der Waals surface area (Å²) in [6.07, 6.45) is 1.51. The summed E-state index contributed by atoms with van der Waals surface area (Å²) in [6.45, 7) is 5.43. The molecule has 0 aliphatic carbocycles. The van der Waals surface area contributed by atoms with Crippen LogP contribution < -0.4 is 14.8 Å². The van der Waals surface area contributed by atoms with E-state index >= 15 is 0 Å². The lowest BCUT2D eigenvalue weighted by atomic mass is 9.94. The SMILES string of the molecule is C=CCOC(=O)C1=C(C)Nc2nnnn2[C@@H]1c1cccc(OC)c1OC. The molecule has 9 heteroatoms. The van der Waals surface area contributed by atoms with Crippen molar-refractivity contribution >= 4 is 11.9 Å². The molecule has 1 aliphatic heterocycles. The third-order valence-corrected chi connectivity index (χ3v) is 3.99. The smallest absolute Gasteiger partial charge is 0.338 e. The van der Waals surface area contributed by atoms with Gasteiger partial charge in [0.15, 0.2) is 11.5 Å². The number of carbonyl (C=O) groups excluding carboxylic acids is 1. The lowest BCUT2D eigenvalue weighted by Crippen LogP contribution is -2.30. The number of tetrazole rings is 1. The fourth-order valence-electron chi connectivity index (χ4n) is 2.90. The number of methoxy groups -OCH3 is 2. The molecule has 1 aromatic carbocycles. The summed E-state index contributed by atoms with van der Waals surface area (Å²) in [5.41, 5.74) is 1.64. The second-order valence-corrected chi connectivity index (χ2v) is 5.48. The zero-order chi connectivity index (χ0) is 18.7. The van der Waals surface area contributed by atoms with E-state index in [-0.39, 0.29) is 6.61 Å². The maximum Gasteiger partial charge on any atom is 0.338 e. The summed E-state index contributed by atoms with van der Waals surface area (Å²) in [4.78, 5) is 12.7. The fraction of sp³-hybridized carbons (Fsp3) is 0.294. The van der Waals surface area contributed by atoms with Gasteiger partial charge in [0.25, 0.3) is 0 Å². The van der Waals surface area contributed by atoms with Gasteiger partial charge in [0.1, 0.15) is 12.6 Å². The van der Waals surface area contributed by atoms with Crippen molar-refractivity contribution in [3.8, 4) is 11.5 Å². The van der Waals surface area contributed by atoms with Crippen molar-refractivity contribution in [3.05, 3.63) is 47.7 Å². The van der Waals surface area contributed by atoms with Crippen LogP contribution >= 0.6 is 0 Å². The lowest BCUT2D eigenvalue weighted by molar-refractivity contribution is -0.138. The molecule has 3 rings (SSSR count). The Morgan fingerprint density at radius 3 is 2.88 bits per heavy atom. The first-order valence-corrected chi connectivity index (χ1v) is 7.86. The number of allylic oxidation sites excluding steroid dienone is 1. The van der Waals surface area contributed by atoms with Crippen LogP contribution in [-0.4, -0.2) is 47.0 Å². The average Bonchev–Trinajstić information content (AvgIpc) is 3.12. The van der Waals surface area contributed by atoms with Crippen LogP contribution in [0.3, 0.4) is 0 Å². The molecule has 1 N–H and O–H groups in total. The number of benzene rings is 1. The summed E-state index contributed by atoms with van der Waals surface area (Å²) in [5, 5.41) is 14.7. The van der Waals surface area contributed by atoms with Crippen LogP contribution in [0.5, 0.6) is 11.5 Å². The van der Waals surface area contributed by atoms with E-state index in [0.717, 1.165) is 0 Å². The molecule has 0 amide bonds. The molecule has 0 fully saturated rings. The molecular weight excluding hydrogens is 338 g/mol. The van der Waals surface area contributed by atoms with Gasteiger partial charge in [-0.15, -0.1) is 0 Å². The Kier molecular flexibility index (Phi) is 4.87. The zero-order valence-corrected chi connectivity index (χ0v) is 14.7. The highest BCUT2D eigenvalue weighted by Crippen LogP contribution is 2.42. The van der Waals surface area contributed by atoms with Crippen LogP contribution in [0.4, 0.5) is 5.95 Å². The van der Waals surface area contributed by atoms with Gasteiger partial charge in [0.2, 0.25) is 5.95 Å². The van der Waals surface area contributed by atoms with Crippen molar-refractivity contribution in [3.63, 3.8) is 0 Å². The van der Waals surface area contributed by atoms with Crippen molar-refractivity contribution in [2.75, 3.05) is 26.1 Å². The first-order valence-electron chi connectivity index (χ1n) is 7.86. The van der Waals surface area contributed by atoms with Crippen molar-refractivity contribution in [1.29, 1.82) is 0 Å². The minimum Gasteiger partial charge on any atom is -0.493 e. The number of carbonyl (C=O) groups is 1. The number of ether oxygens (including phenoxy) is 3. The van der Waals surface area contributed by atoms with Crippen LogP contribution in [0.1, 0.15) is 18.5 Å². The molecule has 26 heavy (non-hydrogen) atoms. The number of hydrogen-bond acceptors (Lipinski definition) is 8. The quantitative estimate of drug-likeness (QED) is 0.616. The molecule has 0 bridgehead atoms. The summed E-state index contributed by atoms with van der Waals surface area (Å²) in [5.74, 6) is 0.948. The van der Waals surface area contributed by atoms with Crippen LogP contribution in [0.25, 0.3) is 0 Å². The molecule has 1 aliphatic rings. The van der Waals surface area contributed by atoms with Crippen molar-refractivity contribution in [2.24, 2.45) is 0 Å². The van der Waals surface area contributed by atoms with Crippen molar-refractivity contribution < 1.29 is 19.0 Å². The predicted molar refractivity (Wildman–Crippen MR) is 93.0 cm³/mol. The number of hydrogen-bond donors (Lipinski definition) is 1. The Morgan fingerprint density at radius 2 is 2.19 bits per heavy atom. The van der Waals surface area contributed by atoms with Gasteiger partial charge in [0.05, 0.1) is 19.8 Å². The molecule has 2 heterocycles. The molecule has 0 saturated heterocycles. The number of nitrogens with one attached hydrogen (secondary N) is 1. The number of fused-ring (bicyclic) bond motifs is 1.